The number of hydrogen-bond donors (Lipinski definition) is 4. The summed E-state index contributed by atoms with van der Waals surface area (Å²) in [5.74, 6) is 1.01. The van der Waals surface area contributed by atoms with Crippen LogP contribution < -0.4 is 10.6 Å². The highest BCUT2D eigenvalue weighted by atomic mass is 16.3. The van der Waals surface area contributed by atoms with E-state index in [1.165, 1.54) is 5.39 Å². The van der Waals surface area contributed by atoms with Gasteiger partial charge in [0.05, 0.1) is 24.2 Å². The highest BCUT2D eigenvalue weighted by molar-refractivity contribution is 5.93. The van der Waals surface area contributed by atoms with E-state index in [-0.39, 0.29) is 17.9 Å². The van der Waals surface area contributed by atoms with Gasteiger partial charge in [0.25, 0.3) is 5.91 Å². The van der Waals surface area contributed by atoms with Crippen LogP contribution in [0.15, 0.2) is 77.5 Å². The number of imidazole rings is 1. The highest BCUT2D eigenvalue weighted by Gasteiger charge is 2.21. The second-order valence-electron chi connectivity index (χ2n) is 9.19. The molecule has 0 spiro atoms. The molecule has 1 atom stereocenters. The Kier molecular flexibility index (Phi) is 7.63. The number of rotatable bonds is 11. The zero-order valence-electron chi connectivity index (χ0n) is 21.2. The molecular formula is C29H30N6O3. The van der Waals surface area contributed by atoms with Crippen LogP contribution in [0.4, 0.5) is 0 Å². The summed E-state index contributed by atoms with van der Waals surface area (Å²) < 4.78 is 5.38. The van der Waals surface area contributed by atoms with Crippen LogP contribution in [0, 0.1) is 0 Å². The number of nitrogens with one attached hydrogen (secondary N) is 4. The average Bonchev–Trinajstić information content (AvgIpc) is 3.73. The summed E-state index contributed by atoms with van der Waals surface area (Å²) >= 11 is 0. The maximum absolute atomic E-state index is 13.1. The number of fused-ring (bicyclic) bond motifs is 1. The van der Waals surface area contributed by atoms with Crippen molar-refractivity contribution in [1.29, 1.82) is 0 Å². The lowest BCUT2D eigenvalue weighted by molar-refractivity contribution is -0.120. The van der Waals surface area contributed by atoms with Crippen molar-refractivity contribution >= 4 is 22.6 Å². The molecule has 5 rings (SSSR count). The molecule has 0 aliphatic heterocycles. The standard InChI is InChI=1S/C29H30N6O3/c1-30-27(36)12-4-2-3-10-22(33-29(37)24-17-23(34-35-24)26-11-7-15-38-26)28-31-18-25(32-28)21-14-13-19-8-5-6-9-20(19)16-21/h5-9,11,13-18,22H,2-4,10,12H2,1H3,(H,30,36)(H,31,32)(H,33,37)(H,34,35)/t22-/m0/s1. The Morgan fingerprint density at radius 3 is 2.68 bits per heavy atom. The summed E-state index contributed by atoms with van der Waals surface area (Å²) in [6, 6.07) is 19.4. The van der Waals surface area contributed by atoms with E-state index in [0.717, 1.165) is 35.9 Å². The van der Waals surface area contributed by atoms with Gasteiger partial charge in [-0.2, -0.15) is 5.10 Å². The molecule has 0 saturated heterocycles. The number of furan rings is 1. The fraction of sp³-hybridized carbons (Fsp3) is 0.241. The van der Waals surface area contributed by atoms with E-state index < -0.39 is 0 Å². The summed E-state index contributed by atoms with van der Waals surface area (Å²) in [5, 5.41) is 15.1. The van der Waals surface area contributed by atoms with Crippen LogP contribution in [0.3, 0.4) is 0 Å². The molecule has 2 amide bonds. The molecule has 0 aliphatic carbocycles. The van der Waals surface area contributed by atoms with Gasteiger partial charge in [0, 0.05) is 25.1 Å². The zero-order valence-corrected chi connectivity index (χ0v) is 21.2. The quantitative estimate of drug-likeness (QED) is 0.177. The van der Waals surface area contributed by atoms with Crippen molar-refractivity contribution in [3.8, 4) is 22.7 Å². The number of H-pyrrole nitrogens is 2. The van der Waals surface area contributed by atoms with E-state index >= 15 is 0 Å². The molecule has 0 unspecified atom stereocenters. The zero-order chi connectivity index (χ0) is 26.3. The van der Waals surface area contributed by atoms with Crippen LogP contribution in [-0.2, 0) is 4.79 Å². The van der Waals surface area contributed by atoms with Gasteiger partial charge in [0.1, 0.15) is 17.2 Å². The van der Waals surface area contributed by atoms with Gasteiger partial charge in [-0.3, -0.25) is 14.7 Å². The smallest absolute Gasteiger partial charge is 0.269 e. The molecule has 0 fully saturated rings. The first kappa shape index (κ1) is 25.0. The van der Waals surface area contributed by atoms with Crippen LogP contribution in [0.5, 0.6) is 0 Å². The van der Waals surface area contributed by atoms with Crippen molar-refractivity contribution in [2.24, 2.45) is 0 Å². The lowest BCUT2D eigenvalue weighted by Gasteiger charge is -2.16. The van der Waals surface area contributed by atoms with E-state index in [1.807, 2.05) is 12.1 Å². The molecule has 5 aromatic rings. The largest absolute Gasteiger partial charge is 0.463 e. The topological polar surface area (TPSA) is 129 Å². The normalized spacial score (nSPS) is 11.9. The average molecular weight is 511 g/mol. The minimum absolute atomic E-state index is 0.0347. The lowest BCUT2D eigenvalue weighted by atomic mass is 10.1. The number of amides is 2. The van der Waals surface area contributed by atoms with E-state index in [1.54, 1.807) is 37.7 Å². The third kappa shape index (κ3) is 5.83. The second-order valence-corrected chi connectivity index (χ2v) is 9.19. The Labute approximate surface area is 220 Å². The number of hydrogen-bond acceptors (Lipinski definition) is 5. The summed E-state index contributed by atoms with van der Waals surface area (Å²) in [5.41, 5.74) is 2.80. The summed E-state index contributed by atoms with van der Waals surface area (Å²) in [6.45, 7) is 0. The number of carbonyl (C=O) groups excluding carboxylic acids is 2. The summed E-state index contributed by atoms with van der Waals surface area (Å²) in [4.78, 5) is 32.7. The monoisotopic (exact) mass is 510 g/mol. The molecule has 9 heteroatoms. The molecule has 194 valence electrons. The molecule has 3 aromatic heterocycles. The molecular weight excluding hydrogens is 480 g/mol. The fourth-order valence-electron chi connectivity index (χ4n) is 4.45. The minimum Gasteiger partial charge on any atom is -0.463 e. The van der Waals surface area contributed by atoms with Crippen molar-refractivity contribution in [3.05, 3.63) is 84.6 Å². The molecule has 9 nitrogen and oxygen atoms in total. The molecule has 0 saturated carbocycles. The first-order valence-corrected chi connectivity index (χ1v) is 12.8. The van der Waals surface area contributed by atoms with Crippen LogP contribution in [-0.4, -0.2) is 39.0 Å². The second kappa shape index (κ2) is 11.6. The van der Waals surface area contributed by atoms with Crippen molar-refractivity contribution < 1.29 is 14.0 Å². The number of aromatic nitrogens is 4. The third-order valence-corrected chi connectivity index (χ3v) is 6.56. The Hall–Kier alpha value is -4.66. The Balaban J connectivity index is 1.32. The maximum Gasteiger partial charge on any atom is 0.269 e. The number of unbranched alkanes of at least 4 members (excludes halogenated alkanes) is 2. The van der Waals surface area contributed by atoms with Gasteiger partial charge < -0.3 is 20.0 Å². The molecule has 0 bridgehead atoms. The first-order chi connectivity index (χ1) is 18.6. The van der Waals surface area contributed by atoms with Crippen LogP contribution in [0.25, 0.3) is 33.5 Å². The third-order valence-electron chi connectivity index (χ3n) is 6.56. The van der Waals surface area contributed by atoms with Crippen molar-refractivity contribution in [1.82, 2.24) is 30.8 Å². The van der Waals surface area contributed by atoms with Crippen molar-refractivity contribution in [3.63, 3.8) is 0 Å². The number of nitrogens with zero attached hydrogens (tertiary/aromatic N) is 2. The van der Waals surface area contributed by atoms with Gasteiger partial charge in [0.2, 0.25) is 5.91 Å². The van der Waals surface area contributed by atoms with E-state index in [4.69, 9.17) is 4.42 Å². The molecule has 4 N–H and O–H groups in total. The van der Waals surface area contributed by atoms with Gasteiger partial charge in [-0.25, -0.2) is 4.98 Å². The van der Waals surface area contributed by atoms with Gasteiger partial charge in [-0.1, -0.05) is 49.2 Å². The van der Waals surface area contributed by atoms with E-state index in [9.17, 15) is 9.59 Å². The van der Waals surface area contributed by atoms with Crippen LogP contribution in [0.1, 0.15) is 54.5 Å². The predicted molar refractivity (Wildman–Crippen MR) is 145 cm³/mol. The van der Waals surface area contributed by atoms with Crippen molar-refractivity contribution in [2.45, 2.75) is 38.1 Å². The number of aromatic amines is 2. The Morgan fingerprint density at radius 2 is 1.87 bits per heavy atom. The van der Waals surface area contributed by atoms with Crippen LogP contribution in [0.2, 0.25) is 0 Å². The first-order valence-electron chi connectivity index (χ1n) is 12.8. The Bertz CT molecular complexity index is 1520. The maximum atomic E-state index is 13.1. The predicted octanol–water partition coefficient (Wildman–Crippen LogP) is 5.38. The Morgan fingerprint density at radius 1 is 1.00 bits per heavy atom. The molecule has 0 radical (unpaired) electrons. The lowest BCUT2D eigenvalue weighted by Crippen LogP contribution is -2.29. The van der Waals surface area contributed by atoms with E-state index in [0.29, 0.717) is 35.8 Å². The van der Waals surface area contributed by atoms with Gasteiger partial charge in [0.15, 0.2) is 5.76 Å². The minimum atomic E-state index is -0.341. The number of benzene rings is 2. The van der Waals surface area contributed by atoms with Crippen LogP contribution >= 0.6 is 0 Å². The van der Waals surface area contributed by atoms with Gasteiger partial charge in [-0.05, 0) is 41.8 Å². The molecule has 3 heterocycles. The fourth-order valence-corrected chi connectivity index (χ4v) is 4.45. The molecule has 0 aliphatic rings. The summed E-state index contributed by atoms with van der Waals surface area (Å²) in [6.07, 6.45) is 7.00. The van der Waals surface area contributed by atoms with Crippen molar-refractivity contribution in [2.75, 3.05) is 7.05 Å². The SMILES string of the molecule is CNC(=O)CCCCC[C@H](NC(=O)c1cc(-c2ccco2)n[nH]1)c1ncc(-c2ccc3ccccc3c2)[nH]1. The van der Waals surface area contributed by atoms with Gasteiger partial charge >= 0.3 is 0 Å². The van der Waals surface area contributed by atoms with Gasteiger partial charge in [-0.15, -0.1) is 0 Å². The molecule has 38 heavy (non-hydrogen) atoms. The highest BCUT2D eigenvalue weighted by Crippen LogP contribution is 2.26. The number of carbonyl (C=O) groups is 2. The molecule has 2 aromatic carbocycles. The van der Waals surface area contributed by atoms with E-state index in [2.05, 4.69) is 61.1 Å². The summed E-state index contributed by atoms with van der Waals surface area (Å²) in [7, 11) is 1.64.